The molecule has 2 N–H and O–H groups in total. The molecule has 2 rings (SSSR count). The van der Waals surface area contributed by atoms with Gasteiger partial charge >= 0.3 is 0 Å². The Morgan fingerprint density at radius 1 is 1.38 bits per heavy atom. The molecule has 21 heavy (non-hydrogen) atoms. The van der Waals surface area contributed by atoms with Crippen LogP contribution in [0.2, 0.25) is 0 Å². The van der Waals surface area contributed by atoms with Gasteiger partial charge in [0.25, 0.3) is 0 Å². The summed E-state index contributed by atoms with van der Waals surface area (Å²) < 4.78 is 0. The van der Waals surface area contributed by atoms with Crippen LogP contribution in [-0.4, -0.2) is 17.5 Å². The third kappa shape index (κ3) is 4.56. The highest BCUT2D eigenvalue weighted by atomic mass is 32.1. The molecule has 5 heteroatoms. The molecule has 1 atom stereocenters. The second-order valence-corrected chi connectivity index (χ2v) is 5.82. The van der Waals surface area contributed by atoms with Gasteiger partial charge in [-0.25, -0.2) is 4.99 Å². The summed E-state index contributed by atoms with van der Waals surface area (Å²) in [6.45, 7) is 7.69. The van der Waals surface area contributed by atoms with Gasteiger partial charge in [-0.15, -0.1) is 11.3 Å². The number of rotatable bonds is 5. The number of aliphatic imine (C=N–C) groups is 1. The van der Waals surface area contributed by atoms with Crippen LogP contribution in [0.4, 0.5) is 0 Å². The summed E-state index contributed by atoms with van der Waals surface area (Å²) in [5, 5.41) is 8.80. The first-order valence-electron chi connectivity index (χ1n) is 7.19. The number of guanidine groups is 1. The number of hydrogen-bond acceptors (Lipinski definition) is 3. The van der Waals surface area contributed by atoms with E-state index < -0.39 is 0 Å². The molecule has 0 amide bonds. The molecule has 0 radical (unpaired) electrons. The second-order valence-electron chi connectivity index (χ2n) is 4.84. The third-order valence-corrected chi connectivity index (χ3v) is 4.23. The SMILES string of the molecule is CCNC(=NCc1ncccc1C)NC(C)c1cccs1. The molecule has 0 aromatic carbocycles. The molecule has 2 aromatic heterocycles. The number of aryl methyl sites for hydroxylation is 1. The maximum Gasteiger partial charge on any atom is 0.192 e. The lowest BCUT2D eigenvalue weighted by Gasteiger charge is -2.16. The van der Waals surface area contributed by atoms with Gasteiger partial charge in [0.15, 0.2) is 5.96 Å². The van der Waals surface area contributed by atoms with E-state index in [2.05, 4.69) is 65.0 Å². The van der Waals surface area contributed by atoms with Gasteiger partial charge in [-0.05, 0) is 43.8 Å². The number of aromatic nitrogens is 1. The van der Waals surface area contributed by atoms with Gasteiger partial charge in [-0.2, -0.15) is 0 Å². The molecule has 0 aliphatic heterocycles. The number of nitrogens with zero attached hydrogens (tertiary/aromatic N) is 2. The quantitative estimate of drug-likeness (QED) is 0.658. The number of nitrogens with one attached hydrogen (secondary N) is 2. The summed E-state index contributed by atoms with van der Waals surface area (Å²) in [6.07, 6.45) is 1.81. The van der Waals surface area contributed by atoms with Crippen molar-refractivity contribution in [2.45, 2.75) is 33.4 Å². The number of thiophene rings is 1. The fourth-order valence-electron chi connectivity index (χ4n) is 1.97. The van der Waals surface area contributed by atoms with Crippen molar-refractivity contribution in [3.8, 4) is 0 Å². The molecule has 4 nitrogen and oxygen atoms in total. The molecular weight excluding hydrogens is 280 g/mol. The summed E-state index contributed by atoms with van der Waals surface area (Å²) in [7, 11) is 0. The van der Waals surface area contributed by atoms with Crippen molar-refractivity contribution < 1.29 is 0 Å². The van der Waals surface area contributed by atoms with Gasteiger partial charge in [0, 0.05) is 17.6 Å². The van der Waals surface area contributed by atoms with Crippen molar-refractivity contribution in [2.75, 3.05) is 6.54 Å². The Morgan fingerprint density at radius 3 is 2.90 bits per heavy atom. The topological polar surface area (TPSA) is 49.3 Å². The molecule has 0 saturated heterocycles. The predicted octanol–water partition coefficient (Wildman–Crippen LogP) is 3.27. The lowest BCUT2D eigenvalue weighted by molar-refractivity contribution is 0.697. The molecule has 0 aliphatic rings. The van der Waals surface area contributed by atoms with Crippen LogP contribution >= 0.6 is 11.3 Å². The Balaban J connectivity index is 2.04. The van der Waals surface area contributed by atoms with Gasteiger partial charge in [0.2, 0.25) is 0 Å². The van der Waals surface area contributed by atoms with E-state index in [1.54, 1.807) is 11.3 Å². The Hall–Kier alpha value is -1.88. The van der Waals surface area contributed by atoms with E-state index in [9.17, 15) is 0 Å². The molecule has 2 heterocycles. The largest absolute Gasteiger partial charge is 0.357 e. The monoisotopic (exact) mass is 302 g/mol. The lowest BCUT2D eigenvalue weighted by atomic mass is 10.2. The minimum atomic E-state index is 0.243. The molecule has 0 saturated carbocycles. The van der Waals surface area contributed by atoms with Crippen LogP contribution in [0.1, 0.15) is 36.0 Å². The average molecular weight is 302 g/mol. The molecule has 0 aliphatic carbocycles. The highest BCUT2D eigenvalue weighted by molar-refractivity contribution is 7.10. The van der Waals surface area contributed by atoms with Gasteiger partial charge in [0.05, 0.1) is 18.3 Å². The summed E-state index contributed by atoms with van der Waals surface area (Å²) >= 11 is 1.75. The van der Waals surface area contributed by atoms with Crippen molar-refractivity contribution in [3.05, 3.63) is 52.0 Å². The predicted molar refractivity (Wildman–Crippen MR) is 89.7 cm³/mol. The van der Waals surface area contributed by atoms with Crippen LogP contribution in [-0.2, 0) is 6.54 Å². The van der Waals surface area contributed by atoms with Gasteiger partial charge in [-0.1, -0.05) is 12.1 Å². The highest BCUT2D eigenvalue weighted by Crippen LogP contribution is 2.17. The van der Waals surface area contributed by atoms with Crippen LogP contribution < -0.4 is 10.6 Å². The van der Waals surface area contributed by atoms with Crippen LogP contribution in [0.15, 0.2) is 40.8 Å². The van der Waals surface area contributed by atoms with E-state index in [0.717, 1.165) is 18.2 Å². The van der Waals surface area contributed by atoms with Crippen LogP contribution in [0.5, 0.6) is 0 Å². The Kier molecular flexibility index (Phi) is 5.75. The average Bonchev–Trinajstić information content (AvgIpc) is 3.00. The van der Waals surface area contributed by atoms with Gasteiger partial charge < -0.3 is 10.6 Å². The smallest absolute Gasteiger partial charge is 0.192 e. The molecule has 0 spiro atoms. The van der Waals surface area contributed by atoms with Crippen LogP contribution in [0.25, 0.3) is 0 Å². The van der Waals surface area contributed by atoms with Crippen molar-refractivity contribution in [2.24, 2.45) is 4.99 Å². The molecule has 1 unspecified atom stereocenters. The Labute approximate surface area is 130 Å². The van der Waals surface area contributed by atoms with Crippen molar-refractivity contribution in [1.29, 1.82) is 0 Å². The number of hydrogen-bond donors (Lipinski definition) is 2. The normalized spacial score (nSPS) is 13.0. The maximum absolute atomic E-state index is 4.63. The first-order valence-corrected chi connectivity index (χ1v) is 8.07. The second kappa shape index (κ2) is 7.78. The maximum atomic E-state index is 4.63. The fraction of sp³-hybridized carbons (Fsp3) is 0.375. The van der Waals surface area contributed by atoms with E-state index in [1.165, 1.54) is 10.4 Å². The molecule has 0 bridgehead atoms. The first-order chi connectivity index (χ1) is 10.2. The highest BCUT2D eigenvalue weighted by Gasteiger charge is 2.08. The van der Waals surface area contributed by atoms with E-state index >= 15 is 0 Å². The molecule has 2 aromatic rings. The van der Waals surface area contributed by atoms with Gasteiger partial charge in [-0.3, -0.25) is 4.98 Å². The molecule has 0 fully saturated rings. The standard InChI is InChI=1S/C16H22N4S/c1-4-17-16(20-13(3)15-8-6-10-21-15)19-11-14-12(2)7-5-9-18-14/h5-10,13H,4,11H2,1-3H3,(H2,17,19,20). The fourth-order valence-corrected chi connectivity index (χ4v) is 2.71. The lowest BCUT2D eigenvalue weighted by Crippen LogP contribution is -2.38. The zero-order chi connectivity index (χ0) is 15.1. The van der Waals surface area contributed by atoms with E-state index in [0.29, 0.717) is 6.54 Å². The molecular formula is C16H22N4S. The zero-order valence-corrected chi connectivity index (χ0v) is 13.6. The Morgan fingerprint density at radius 2 is 2.24 bits per heavy atom. The van der Waals surface area contributed by atoms with Crippen molar-refractivity contribution in [3.63, 3.8) is 0 Å². The third-order valence-electron chi connectivity index (χ3n) is 3.17. The van der Waals surface area contributed by atoms with E-state index in [1.807, 2.05) is 12.3 Å². The summed E-state index contributed by atoms with van der Waals surface area (Å²) in [5.41, 5.74) is 2.18. The minimum absolute atomic E-state index is 0.243. The van der Waals surface area contributed by atoms with Crippen LogP contribution in [0, 0.1) is 6.92 Å². The number of pyridine rings is 1. The van der Waals surface area contributed by atoms with Crippen LogP contribution in [0.3, 0.4) is 0 Å². The zero-order valence-electron chi connectivity index (χ0n) is 12.8. The summed E-state index contributed by atoms with van der Waals surface area (Å²) in [5.74, 6) is 0.823. The van der Waals surface area contributed by atoms with Crippen molar-refractivity contribution in [1.82, 2.24) is 15.6 Å². The van der Waals surface area contributed by atoms with Gasteiger partial charge in [0.1, 0.15) is 0 Å². The first kappa shape index (κ1) is 15.5. The summed E-state index contributed by atoms with van der Waals surface area (Å²) in [6, 6.07) is 8.46. The van der Waals surface area contributed by atoms with E-state index in [4.69, 9.17) is 0 Å². The molecule has 112 valence electrons. The van der Waals surface area contributed by atoms with Crippen molar-refractivity contribution >= 4 is 17.3 Å². The van der Waals surface area contributed by atoms with E-state index in [-0.39, 0.29) is 6.04 Å². The Bertz CT molecular complexity index is 578. The summed E-state index contributed by atoms with van der Waals surface area (Å²) in [4.78, 5) is 10.3. The minimum Gasteiger partial charge on any atom is -0.357 e.